The van der Waals surface area contributed by atoms with Crippen LogP contribution in [0.15, 0.2) is 0 Å². The Bertz CT molecular complexity index is 158. The van der Waals surface area contributed by atoms with E-state index in [1.807, 2.05) is 0 Å². The van der Waals surface area contributed by atoms with Gasteiger partial charge < -0.3 is 10.2 Å². The Labute approximate surface area is 81.7 Å². The van der Waals surface area contributed by atoms with Crippen LogP contribution >= 0.6 is 0 Å². The van der Waals surface area contributed by atoms with Crippen molar-refractivity contribution < 1.29 is 0 Å². The van der Waals surface area contributed by atoms with Gasteiger partial charge in [0.15, 0.2) is 0 Å². The summed E-state index contributed by atoms with van der Waals surface area (Å²) >= 11 is 0. The third kappa shape index (κ3) is 2.23. The minimum Gasteiger partial charge on any atom is -0.314 e. The summed E-state index contributed by atoms with van der Waals surface area (Å²) < 4.78 is 0. The van der Waals surface area contributed by atoms with Crippen LogP contribution in [0.1, 0.15) is 39.0 Å². The summed E-state index contributed by atoms with van der Waals surface area (Å²) in [6, 6.07) is 1.74. The quantitative estimate of drug-likeness (QED) is 0.713. The molecule has 76 valence electrons. The summed E-state index contributed by atoms with van der Waals surface area (Å²) in [6.07, 6.45) is 6.93. The molecule has 2 nitrogen and oxygen atoms in total. The number of piperidine rings is 1. The summed E-state index contributed by atoms with van der Waals surface area (Å²) in [5, 5.41) is 3.66. The van der Waals surface area contributed by atoms with Gasteiger partial charge in [0.05, 0.1) is 0 Å². The summed E-state index contributed by atoms with van der Waals surface area (Å²) in [6.45, 7) is 6.16. The molecule has 2 rings (SSSR count). The van der Waals surface area contributed by atoms with Gasteiger partial charge in [0.2, 0.25) is 0 Å². The Hall–Kier alpha value is -0.0800. The average Bonchev–Trinajstić information content (AvgIpc) is 2.61. The number of hydrogen-bond donors (Lipinski definition) is 1. The predicted molar refractivity (Wildman–Crippen MR) is 55.9 cm³/mol. The molecule has 2 aliphatic heterocycles. The Balaban J connectivity index is 1.76. The lowest BCUT2D eigenvalue weighted by atomic mass is 9.97. The van der Waals surface area contributed by atoms with Gasteiger partial charge in [-0.3, -0.25) is 0 Å². The number of nitrogens with one attached hydrogen (secondary N) is 1. The van der Waals surface area contributed by atoms with Crippen LogP contribution in [0.3, 0.4) is 0 Å². The van der Waals surface area contributed by atoms with Gasteiger partial charge in [-0.15, -0.1) is 0 Å². The van der Waals surface area contributed by atoms with Gasteiger partial charge in [-0.25, -0.2) is 0 Å². The van der Waals surface area contributed by atoms with E-state index in [0.29, 0.717) is 0 Å². The zero-order valence-electron chi connectivity index (χ0n) is 8.76. The molecule has 0 aromatic rings. The van der Waals surface area contributed by atoms with Gasteiger partial charge in [0.25, 0.3) is 0 Å². The molecule has 2 unspecified atom stereocenters. The molecule has 2 heterocycles. The molecule has 2 saturated heterocycles. The molecule has 0 bridgehead atoms. The second-order valence-electron chi connectivity index (χ2n) is 4.51. The molecule has 13 heavy (non-hydrogen) atoms. The first kappa shape index (κ1) is 9.47. The maximum atomic E-state index is 3.66. The van der Waals surface area contributed by atoms with Crippen molar-refractivity contribution in [3.8, 4) is 0 Å². The first-order valence-electron chi connectivity index (χ1n) is 5.87. The molecule has 2 atom stereocenters. The van der Waals surface area contributed by atoms with Crippen molar-refractivity contribution >= 4 is 0 Å². The molecule has 1 N–H and O–H groups in total. The van der Waals surface area contributed by atoms with Gasteiger partial charge in [-0.05, 0) is 51.7 Å². The third-order valence-electron chi connectivity index (χ3n) is 3.50. The third-order valence-corrected chi connectivity index (χ3v) is 3.50. The molecule has 0 radical (unpaired) electrons. The Morgan fingerprint density at radius 1 is 1.31 bits per heavy atom. The minimum absolute atomic E-state index is 0.819. The lowest BCUT2D eigenvalue weighted by Gasteiger charge is -2.35. The first-order valence-corrected chi connectivity index (χ1v) is 5.87. The fourth-order valence-corrected chi connectivity index (χ4v) is 2.76. The second kappa shape index (κ2) is 4.43. The topological polar surface area (TPSA) is 15.3 Å². The van der Waals surface area contributed by atoms with E-state index in [9.17, 15) is 0 Å². The second-order valence-corrected chi connectivity index (χ2v) is 4.51. The summed E-state index contributed by atoms with van der Waals surface area (Å²) in [5.41, 5.74) is 0. The van der Waals surface area contributed by atoms with Crippen LogP contribution in [0.5, 0.6) is 0 Å². The largest absolute Gasteiger partial charge is 0.314 e. The van der Waals surface area contributed by atoms with Gasteiger partial charge in [0.1, 0.15) is 0 Å². The normalized spacial score (nSPS) is 34.8. The minimum atomic E-state index is 0.819. The molecule has 0 amide bonds. The molecule has 2 heteroatoms. The molecule has 0 saturated carbocycles. The average molecular weight is 182 g/mol. The molecular formula is C11H22N2. The van der Waals surface area contributed by atoms with Crippen molar-refractivity contribution in [3.63, 3.8) is 0 Å². The van der Waals surface area contributed by atoms with Crippen LogP contribution in [0.25, 0.3) is 0 Å². The first-order chi connectivity index (χ1) is 6.40. The Morgan fingerprint density at radius 3 is 3.08 bits per heavy atom. The van der Waals surface area contributed by atoms with Crippen LogP contribution in [-0.4, -0.2) is 36.6 Å². The molecule has 0 aromatic carbocycles. The van der Waals surface area contributed by atoms with Crippen molar-refractivity contribution in [2.75, 3.05) is 19.6 Å². The van der Waals surface area contributed by atoms with E-state index in [4.69, 9.17) is 0 Å². The number of hydrogen-bond acceptors (Lipinski definition) is 2. The fraction of sp³-hybridized carbons (Fsp3) is 1.00. The molecular weight excluding hydrogens is 160 g/mol. The van der Waals surface area contributed by atoms with Crippen LogP contribution in [0, 0.1) is 0 Å². The number of rotatable bonds is 3. The van der Waals surface area contributed by atoms with E-state index in [0.717, 1.165) is 12.1 Å². The summed E-state index contributed by atoms with van der Waals surface area (Å²) in [5.74, 6) is 0. The number of fused-ring (bicyclic) bond motifs is 1. The van der Waals surface area contributed by atoms with Crippen molar-refractivity contribution in [1.29, 1.82) is 0 Å². The van der Waals surface area contributed by atoms with E-state index in [1.165, 1.54) is 51.7 Å². The number of nitrogens with zero attached hydrogens (tertiary/aromatic N) is 1. The smallest absolute Gasteiger partial charge is 0.0111 e. The van der Waals surface area contributed by atoms with E-state index >= 15 is 0 Å². The van der Waals surface area contributed by atoms with Crippen LogP contribution < -0.4 is 5.32 Å². The molecule has 0 aliphatic carbocycles. The summed E-state index contributed by atoms with van der Waals surface area (Å²) in [7, 11) is 0. The molecule has 0 spiro atoms. The monoisotopic (exact) mass is 182 g/mol. The Kier molecular flexibility index (Phi) is 3.23. The van der Waals surface area contributed by atoms with E-state index in [2.05, 4.69) is 17.1 Å². The van der Waals surface area contributed by atoms with E-state index in [1.54, 1.807) is 0 Å². The highest BCUT2D eigenvalue weighted by atomic mass is 15.2. The van der Waals surface area contributed by atoms with Crippen LogP contribution in [0.4, 0.5) is 0 Å². The van der Waals surface area contributed by atoms with Crippen molar-refractivity contribution in [2.45, 2.75) is 51.1 Å². The highest BCUT2D eigenvalue weighted by Crippen LogP contribution is 2.26. The van der Waals surface area contributed by atoms with Gasteiger partial charge in [0, 0.05) is 12.1 Å². The fourth-order valence-electron chi connectivity index (χ4n) is 2.76. The summed E-state index contributed by atoms with van der Waals surface area (Å²) in [4.78, 5) is 2.68. The van der Waals surface area contributed by atoms with Gasteiger partial charge in [-0.2, -0.15) is 0 Å². The zero-order chi connectivity index (χ0) is 9.10. The van der Waals surface area contributed by atoms with E-state index < -0.39 is 0 Å². The molecule has 2 aliphatic rings. The standard InChI is InChI=1S/C11H22N2/c1-2-6-12-10-5-8-13-7-3-4-11(13)9-10/h10-12H,2-9H2,1H3. The van der Waals surface area contributed by atoms with Gasteiger partial charge in [-0.1, -0.05) is 6.92 Å². The predicted octanol–water partition coefficient (Wildman–Crippen LogP) is 1.61. The maximum Gasteiger partial charge on any atom is 0.0111 e. The van der Waals surface area contributed by atoms with Crippen LogP contribution in [-0.2, 0) is 0 Å². The zero-order valence-corrected chi connectivity index (χ0v) is 8.76. The highest BCUT2D eigenvalue weighted by molar-refractivity contribution is 4.88. The van der Waals surface area contributed by atoms with Crippen molar-refractivity contribution in [3.05, 3.63) is 0 Å². The van der Waals surface area contributed by atoms with Gasteiger partial charge >= 0.3 is 0 Å². The maximum absolute atomic E-state index is 3.66. The lowest BCUT2D eigenvalue weighted by Crippen LogP contribution is -2.45. The van der Waals surface area contributed by atoms with Crippen molar-refractivity contribution in [2.24, 2.45) is 0 Å². The highest BCUT2D eigenvalue weighted by Gasteiger charge is 2.30. The van der Waals surface area contributed by atoms with Crippen molar-refractivity contribution in [1.82, 2.24) is 10.2 Å². The molecule has 0 aromatic heterocycles. The van der Waals surface area contributed by atoms with Crippen LogP contribution in [0.2, 0.25) is 0 Å². The lowest BCUT2D eigenvalue weighted by molar-refractivity contribution is 0.167. The van der Waals surface area contributed by atoms with E-state index in [-0.39, 0.29) is 0 Å². The molecule has 2 fully saturated rings. The Morgan fingerprint density at radius 2 is 2.23 bits per heavy atom. The SMILES string of the molecule is CCCNC1CCN2CCCC2C1.